The van der Waals surface area contributed by atoms with E-state index >= 15 is 0 Å². The van der Waals surface area contributed by atoms with Gasteiger partial charge in [0.05, 0.1) is 18.1 Å². The van der Waals surface area contributed by atoms with E-state index in [1.54, 1.807) is 7.11 Å². The van der Waals surface area contributed by atoms with Crippen LogP contribution < -0.4 is 5.32 Å². The van der Waals surface area contributed by atoms with E-state index in [4.69, 9.17) is 4.74 Å². The van der Waals surface area contributed by atoms with E-state index < -0.39 is 9.84 Å². The first-order valence-corrected chi connectivity index (χ1v) is 6.86. The van der Waals surface area contributed by atoms with Crippen LogP contribution in [0.15, 0.2) is 0 Å². The highest BCUT2D eigenvalue weighted by Gasteiger charge is 2.26. The molecule has 5 heteroatoms. The second-order valence-corrected chi connectivity index (χ2v) is 6.03. The van der Waals surface area contributed by atoms with Crippen LogP contribution in [0.4, 0.5) is 0 Å². The van der Waals surface area contributed by atoms with Crippen LogP contribution >= 0.6 is 0 Å². The molecule has 4 nitrogen and oxygen atoms in total. The summed E-state index contributed by atoms with van der Waals surface area (Å²) in [6.07, 6.45) is 1.80. The van der Waals surface area contributed by atoms with Crippen LogP contribution in [-0.4, -0.2) is 46.7 Å². The first-order valence-electron chi connectivity index (χ1n) is 5.04. The lowest BCUT2D eigenvalue weighted by Crippen LogP contribution is -2.22. The van der Waals surface area contributed by atoms with Crippen LogP contribution in [-0.2, 0) is 14.6 Å². The number of sulfone groups is 1. The monoisotopic (exact) mass is 221 g/mol. The SMILES string of the molecule is COCCNCCC1CCS(=O)(=O)C1. The van der Waals surface area contributed by atoms with Crippen molar-refractivity contribution in [3.05, 3.63) is 0 Å². The summed E-state index contributed by atoms with van der Waals surface area (Å²) in [4.78, 5) is 0. The summed E-state index contributed by atoms with van der Waals surface area (Å²) in [7, 11) is -1.02. The topological polar surface area (TPSA) is 55.4 Å². The minimum atomic E-state index is -2.70. The molecule has 14 heavy (non-hydrogen) atoms. The van der Waals surface area contributed by atoms with Crippen molar-refractivity contribution in [2.45, 2.75) is 12.8 Å². The number of nitrogens with one attached hydrogen (secondary N) is 1. The zero-order chi connectivity index (χ0) is 10.4. The van der Waals surface area contributed by atoms with Gasteiger partial charge in [-0.3, -0.25) is 0 Å². The lowest BCUT2D eigenvalue weighted by molar-refractivity contribution is 0.199. The fourth-order valence-electron chi connectivity index (χ4n) is 1.71. The zero-order valence-corrected chi connectivity index (χ0v) is 9.48. The van der Waals surface area contributed by atoms with Crippen molar-refractivity contribution < 1.29 is 13.2 Å². The molecule has 1 heterocycles. The Morgan fingerprint density at radius 1 is 1.43 bits per heavy atom. The molecule has 84 valence electrons. The number of rotatable bonds is 6. The molecule has 1 fully saturated rings. The van der Waals surface area contributed by atoms with Gasteiger partial charge in [0.25, 0.3) is 0 Å². The van der Waals surface area contributed by atoms with Gasteiger partial charge in [-0.25, -0.2) is 8.42 Å². The largest absolute Gasteiger partial charge is 0.383 e. The highest BCUT2D eigenvalue weighted by atomic mass is 32.2. The standard InChI is InChI=1S/C9H19NO3S/c1-13-6-5-10-4-2-9-3-7-14(11,12)8-9/h9-10H,2-8H2,1H3. The minimum absolute atomic E-state index is 0.370. The van der Waals surface area contributed by atoms with Crippen LogP contribution in [0.2, 0.25) is 0 Å². The zero-order valence-electron chi connectivity index (χ0n) is 8.66. The summed E-state index contributed by atoms with van der Waals surface area (Å²) in [5, 5.41) is 3.22. The van der Waals surface area contributed by atoms with Crippen molar-refractivity contribution in [2.24, 2.45) is 5.92 Å². The number of methoxy groups -OCH3 is 1. The van der Waals surface area contributed by atoms with E-state index in [0.29, 0.717) is 24.0 Å². The molecular formula is C9H19NO3S. The van der Waals surface area contributed by atoms with Crippen molar-refractivity contribution >= 4 is 9.84 Å². The van der Waals surface area contributed by atoms with Gasteiger partial charge >= 0.3 is 0 Å². The first-order chi connectivity index (χ1) is 6.64. The molecule has 1 N–H and O–H groups in total. The second-order valence-electron chi connectivity index (χ2n) is 3.80. The van der Waals surface area contributed by atoms with Gasteiger partial charge in [-0.05, 0) is 25.3 Å². The average Bonchev–Trinajstić information content (AvgIpc) is 2.45. The summed E-state index contributed by atoms with van der Waals surface area (Å²) < 4.78 is 27.2. The molecule has 0 amide bonds. The van der Waals surface area contributed by atoms with Crippen molar-refractivity contribution in [1.29, 1.82) is 0 Å². The molecule has 0 saturated carbocycles. The lowest BCUT2D eigenvalue weighted by Gasteiger charge is -2.07. The molecule has 1 atom stereocenters. The molecule has 1 aliphatic rings. The molecule has 0 aromatic heterocycles. The Labute approximate surface area is 85.9 Å². The fraction of sp³-hybridized carbons (Fsp3) is 1.00. The van der Waals surface area contributed by atoms with Crippen molar-refractivity contribution in [1.82, 2.24) is 5.32 Å². The average molecular weight is 221 g/mol. The van der Waals surface area contributed by atoms with Gasteiger partial charge < -0.3 is 10.1 Å². The van der Waals surface area contributed by atoms with E-state index in [-0.39, 0.29) is 0 Å². The highest BCUT2D eigenvalue weighted by Crippen LogP contribution is 2.20. The minimum Gasteiger partial charge on any atom is -0.383 e. The Morgan fingerprint density at radius 3 is 2.79 bits per heavy atom. The Kier molecular flexibility index (Phi) is 4.84. The third-order valence-corrected chi connectivity index (χ3v) is 4.38. The second kappa shape index (κ2) is 5.68. The fourth-order valence-corrected chi connectivity index (χ4v) is 3.62. The molecular weight excluding hydrogens is 202 g/mol. The maximum Gasteiger partial charge on any atom is 0.150 e. The van der Waals surface area contributed by atoms with Crippen LogP contribution in [0.3, 0.4) is 0 Å². The van der Waals surface area contributed by atoms with Crippen LogP contribution in [0.25, 0.3) is 0 Å². The Morgan fingerprint density at radius 2 is 2.21 bits per heavy atom. The highest BCUT2D eigenvalue weighted by molar-refractivity contribution is 7.91. The molecule has 0 aliphatic carbocycles. The van der Waals surface area contributed by atoms with Crippen LogP contribution in [0, 0.1) is 5.92 Å². The third-order valence-electron chi connectivity index (χ3n) is 2.54. The summed E-state index contributed by atoms with van der Waals surface area (Å²) in [5.74, 6) is 1.14. The van der Waals surface area contributed by atoms with Gasteiger partial charge in [-0.1, -0.05) is 0 Å². The molecule has 0 aromatic rings. The predicted octanol–water partition coefficient (Wildman–Crippen LogP) is 0.0472. The molecule has 1 aliphatic heterocycles. The maximum atomic E-state index is 11.1. The van der Waals surface area contributed by atoms with Gasteiger partial charge in [0, 0.05) is 13.7 Å². The van der Waals surface area contributed by atoms with Gasteiger partial charge in [-0.15, -0.1) is 0 Å². The third kappa shape index (κ3) is 4.39. The summed E-state index contributed by atoms with van der Waals surface area (Å²) >= 11 is 0. The van der Waals surface area contributed by atoms with Gasteiger partial charge in [-0.2, -0.15) is 0 Å². The lowest BCUT2D eigenvalue weighted by atomic mass is 10.1. The van der Waals surface area contributed by atoms with Crippen molar-refractivity contribution in [3.8, 4) is 0 Å². The number of ether oxygens (including phenoxy) is 1. The van der Waals surface area contributed by atoms with E-state index in [0.717, 1.165) is 25.9 Å². The Bertz CT molecular complexity index is 251. The summed E-state index contributed by atoms with van der Waals surface area (Å²) in [6.45, 7) is 2.45. The summed E-state index contributed by atoms with van der Waals surface area (Å²) in [6, 6.07) is 0. The normalized spacial score (nSPS) is 25.4. The first kappa shape index (κ1) is 11.9. The molecule has 0 radical (unpaired) electrons. The number of hydrogen-bond acceptors (Lipinski definition) is 4. The van der Waals surface area contributed by atoms with E-state index in [2.05, 4.69) is 5.32 Å². The number of hydrogen-bond donors (Lipinski definition) is 1. The van der Waals surface area contributed by atoms with Crippen LogP contribution in [0.5, 0.6) is 0 Å². The van der Waals surface area contributed by atoms with Gasteiger partial charge in [0.2, 0.25) is 0 Å². The Balaban J connectivity index is 2.03. The Hall–Kier alpha value is -0.130. The predicted molar refractivity (Wildman–Crippen MR) is 56.1 cm³/mol. The van der Waals surface area contributed by atoms with Crippen molar-refractivity contribution in [3.63, 3.8) is 0 Å². The van der Waals surface area contributed by atoms with Crippen molar-refractivity contribution in [2.75, 3.05) is 38.3 Å². The molecule has 1 unspecified atom stereocenters. The molecule has 0 bridgehead atoms. The van der Waals surface area contributed by atoms with E-state index in [9.17, 15) is 8.42 Å². The smallest absolute Gasteiger partial charge is 0.150 e. The van der Waals surface area contributed by atoms with E-state index in [1.165, 1.54) is 0 Å². The summed E-state index contributed by atoms with van der Waals surface area (Å²) in [5.41, 5.74) is 0. The molecule has 1 rings (SSSR count). The van der Waals surface area contributed by atoms with E-state index in [1.807, 2.05) is 0 Å². The molecule has 0 aromatic carbocycles. The maximum absolute atomic E-state index is 11.1. The van der Waals surface area contributed by atoms with Gasteiger partial charge in [0.15, 0.2) is 9.84 Å². The quantitative estimate of drug-likeness (QED) is 0.644. The molecule has 1 saturated heterocycles. The van der Waals surface area contributed by atoms with Crippen LogP contribution in [0.1, 0.15) is 12.8 Å². The molecule has 0 spiro atoms. The van der Waals surface area contributed by atoms with Gasteiger partial charge in [0.1, 0.15) is 0 Å².